The summed E-state index contributed by atoms with van der Waals surface area (Å²) in [7, 11) is 0. The van der Waals surface area contributed by atoms with Crippen LogP contribution in [0.3, 0.4) is 0 Å². The Labute approximate surface area is 225 Å². The number of hydrogen-bond acceptors (Lipinski definition) is 8. The lowest BCUT2D eigenvalue weighted by atomic mass is 9.86. The maximum absolute atomic E-state index is 12.3. The topological polar surface area (TPSA) is 136 Å². The van der Waals surface area contributed by atoms with Crippen LogP contribution in [0.5, 0.6) is 5.75 Å². The minimum atomic E-state index is -0.894. The fourth-order valence-electron chi connectivity index (χ4n) is 5.04. The third-order valence-corrected chi connectivity index (χ3v) is 7.19. The molecule has 0 amide bonds. The first-order valence-electron chi connectivity index (χ1n) is 13.9. The van der Waals surface area contributed by atoms with Gasteiger partial charge >= 0.3 is 5.97 Å². The summed E-state index contributed by atoms with van der Waals surface area (Å²) in [4.78, 5) is 39.3. The van der Waals surface area contributed by atoms with Gasteiger partial charge in [-0.1, -0.05) is 63.0 Å². The molecule has 2 rings (SSSR count). The Morgan fingerprint density at radius 3 is 2.50 bits per heavy atom. The third kappa shape index (κ3) is 11.7. The van der Waals surface area contributed by atoms with Crippen LogP contribution in [0.15, 0.2) is 36.4 Å². The average molecular weight is 534 g/mol. The molecule has 38 heavy (non-hydrogen) atoms. The van der Waals surface area contributed by atoms with E-state index in [-0.39, 0.29) is 36.4 Å². The number of ether oxygens (including phenoxy) is 1. The second kappa shape index (κ2) is 17.7. The minimum absolute atomic E-state index is 0.0820. The lowest BCUT2D eigenvalue weighted by molar-refractivity contribution is -0.763. The maximum Gasteiger partial charge on any atom is 0.311 e. The second-order valence-electron chi connectivity index (χ2n) is 10.1. The second-order valence-corrected chi connectivity index (χ2v) is 10.1. The predicted octanol–water partition coefficient (Wildman–Crippen LogP) is 5.48. The first-order valence-corrected chi connectivity index (χ1v) is 13.9. The van der Waals surface area contributed by atoms with Gasteiger partial charge in [-0.05, 0) is 56.4 Å². The van der Waals surface area contributed by atoms with E-state index in [2.05, 4.69) is 11.8 Å². The van der Waals surface area contributed by atoms with E-state index >= 15 is 0 Å². The number of nitrogens with zero attached hydrogens (tertiary/aromatic N) is 1. The molecule has 1 fully saturated rings. The molecule has 2 N–H and O–H groups in total. The number of para-hydroxylation sites is 1. The molecule has 1 aliphatic rings. The third-order valence-electron chi connectivity index (χ3n) is 7.19. The number of aliphatic hydroxyl groups is 2. The molecule has 0 aliphatic heterocycles. The molecule has 0 spiro atoms. The molecule has 0 radical (unpaired) electrons. The molecule has 1 aliphatic carbocycles. The highest BCUT2D eigenvalue weighted by atomic mass is 16.9. The van der Waals surface area contributed by atoms with E-state index in [9.17, 15) is 29.9 Å². The summed E-state index contributed by atoms with van der Waals surface area (Å²) in [6.07, 6.45) is 12.3. The van der Waals surface area contributed by atoms with Gasteiger partial charge in [0.2, 0.25) is 0 Å². The van der Waals surface area contributed by atoms with Crippen molar-refractivity contribution in [1.29, 1.82) is 0 Å². The van der Waals surface area contributed by atoms with Crippen LogP contribution in [0.4, 0.5) is 0 Å². The largest absolute Gasteiger partial charge is 0.426 e. The molecule has 0 bridgehead atoms. The summed E-state index contributed by atoms with van der Waals surface area (Å²) in [5.74, 6) is -0.125. The van der Waals surface area contributed by atoms with Crippen molar-refractivity contribution in [3.05, 3.63) is 52.1 Å². The highest BCUT2D eigenvalue weighted by Gasteiger charge is 2.40. The molecule has 0 aromatic heterocycles. The number of Topliss-reactive ketones (excluding diaryl/α,β-unsaturated/α-hetero) is 1. The average Bonchev–Trinajstić information content (AvgIpc) is 3.15. The van der Waals surface area contributed by atoms with Crippen molar-refractivity contribution < 1.29 is 34.5 Å². The van der Waals surface area contributed by atoms with Gasteiger partial charge in [-0.15, -0.1) is 10.1 Å². The quantitative estimate of drug-likeness (QED) is 0.0595. The zero-order chi connectivity index (χ0) is 27.8. The number of unbranched alkanes of at least 4 members (excludes halogenated alkanes) is 5. The number of benzene rings is 1. The number of carbonyl (C=O) groups is 2. The van der Waals surface area contributed by atoms with Crippen LogP contribution in [-0.4, -0.2) is 39.3 Å². The van der Waals surface area contributed by atoms with Gasteiger partial charge in [-0.25, -0.2) is 0 Å². The molecule has 4 atom stereocenters. The Morgan fingerprint density at radius 2 is 1.74 bits per heavy atom. The smallest absolute Gasteiger partial charge is 0.311 e. The molecular weight excluding hydrogens is 490 g/mol. The van der Waals surface area contributed by atoms with E-state index in [1.165, 1.54) is 19.3 Å². The van der Waals surface area contributed by atoms with E-state index in [0.717, 1.165) is 12.8 Å². The number of allylic oxidation sites excluding steroid dienone is 2. The van der Waals surface area contributed by atoms with Crippen molar-refractivity contribution in [2.24, 2.45) is 11.8 Å². The Kier molecular flexibility index (Phi) is 14.6. The standard InChI is InChI=1S/C29H43NO8/c1-2-3-4-5-8-14-23(31)18-19-25-24(26(32)20-27(25)33)15-9-6-7-10-17-29(34)38-28-16-12-11-13-22(28)21-37-30(35)36/h6,9,11-13,16,24-27,32-33H,2-5,7-8,10,14-15,17-21H2,1H3/b9-6-/t24-,25-,26+,27-/m1/s1. The SMILES string of the molecule is CCCCCCCC(=O)CC[C@@H]1[C@@H](C/C=C\CCCC(=O)Oc2ccccc2CO[N+](=O)[O-])[C@@H](O)C[C@H]1O. The van der Waals surface area contributed by atoms with Gasteiger partial charge in [0.1, 0.15) is 18.1 Å². The van der Waals surface area contributed by atoms with E-state index in [4.69, 9.17) is 4.74 Å². The normalized spacial score (nSPS) is 21.0. The van der Waals surface area contributed by atoms with Crippen molar-refractivity contribution in [2.75, 3.05) is 0 Å². The molecule has 212 valence electrons. The molecule has 0 unspecified atom stereocenters. The summed E-state index contributed by atoms with van der Waals surface area (Å²) in [6.45, 7) is 1.87. The summed E-state index contributed by atoms with van der Waals surface area (Å²) >= 11 is 0. The zero-order valence-corrected chi connectivity index (χ0v) is 22.5. The van der Waals surface area contributed by atoms with Crippen molar-refractivity contribution >= 4 is 11.8 Å². The molecule has 0 saturated heterocycles. The van der Waals surface area contributed by atoms with Gasteiger partial charge in [-0.2, -0.15) is 0 Å². The van der Waals surface area contributed by atoms with Crippen molar-refractivity contribution in [3.63, 3.8) is 0 Å². The fourth-order valence-corrected chi connectivity index (χ4v) is 5.04. The van der Waals surface area contributed by atoms with Crippen LogP contribution >= 0.6 is 0 Å². The van der Waals surface area contributed by atoms with Crippen LogP contribution in [0.1, 0.15) is 96.0 Å². The molecule has 1 aromatic carbocycles. The number of aliphatic hydroxyl groups excluding tert-OH is 2. The lowest BCUT2D eigenvalue weighted by Gasteiger charge is -2.22. The van der Waals surface area contributed by atoms with Gasteiger partial charge in [0.25, 0.3) is 5.09 Å². The number of hydrogen-bond donors (Lipinski definition) is 2. The van der Waals surface area contributed by atoms with Gasteiger partial charge in [0, 0.05) is 24.8 Å². The highest BCUT2D eigenvalue weighted by Crippen LogP contribution is 2.38. The molecule has 9 heteroatoms. The van der Waals surface area contributed by atoms with Crippen LogP contribution < -0.4 is 4.74 Å². The Bertz CT molecular complexity index is 902. The maximum atomic E-state index is 12.3. The summed E-state index contributed by atoms with van der Waals surface area (Å²) < 4.78 is 5.34. The fraction of sp³-hybridized carbons (Fsp3) is 0.655. The summed E-state index contributed by atoms with van der Waals surface area (Å²) in [5, 5.41) is 30.4. The van der Waals surface area contributed by atoms with Gasteiger partial charge in [0.05, 0.1) is 12.2 Å². The molecule has 9 nitrogen and oxygen atoms in total. The van der Waals surface area contributed by atoms with E-state index < -0.39 is 23.3 Å². The molecule has 1 aromatic rings. The van der Waals surface area contributed by atoms with Gasteiger partial charge < -0.3 is 19.8 Å². The number of ketones is 1. The predicted molar refractivity (Wildman–Crippen MR) is 143 cm³/mol. The van der Waals surface area contributed by atoms with Crippen molar-refractivity contribution in [1.82, 2.24) is 0 Å². The number of carbonyl (C=O) groups excluding carboxylic acids is 2. The molecule has 1 saturated carbocycles. The van der Waals surface area contributed by atoms with Crippen LogP contribution in [-0.2, 0) is 21.0 Å². The molecular formula is C29H43NO8. The van der Waals surface area contributed by atoms with Crippen LogP contribution in [0.2, 0.25) is 0 Å². The number of esters is 1. The van der Waals surface area contributed by atoms with E-state index in [0.29, 0.717) is 50.5 Å². The Hall–Kier alpha value is -2.78. The van der Waals surface area contributed by atoms with Crippen molar-refractivity contribution in [2.45, 2.75) is 109 Å². The van der Waals surface area contributed by atoms with Crippen LogP contribution in [0, 0.1) is 22.0 Å². The summed E-state index contributed by atoms with van der Waals surface area (Å²) in [5.41, 5.74) is 0.415. The van der Waals surface area contributed by atoms with Crippen LogP contribution in [0.25, 0.3) is 0 Å². The van der Waals surface area contributed by atoms with Crippen molar-refractivity contribution in [3.8, 4) is 5.75 Å². The first-order chi connectivity index (χ1) is 18.3. The minimum Gasteiger partial charge on any atom is -0.426 e. The Morgan fingerprint density at radius 1 is 1.00 bits per heavy atom. The van der Waals surface area contributed by atoms with Gasteiger partial charge in [-0.3, -0.25) is 9.59 Å². The van der Waals surface area contributed by atoms with Gasteiger partial charge in [0.15, 0.2) is 0 Å². The molecule has 0 heterocycles. The van der Waals surface area contributed by atoms with E-state index in [1.807, 2.05) is 12.2 Å². The zero-order valence-electron chi connectivity index (χ0n) is 22.5. The monoisotopic (exact) mass is 533 g/mol. The number of rotatable bonds is 19. The van der Waals surface area contributed by atoms with E-state index in [1.54, 1.807) is 24.3 Å². The first kappa shape index (κ1) is 31.4. The summed E-state index contributed by atoms with van der Waals surface area (Å²) in [6, 6.07) is 6.52. The lowest BCUT2D eigenvalue weighted by Crippen LogP contribution is -2.22. The highest BCUT2D eigenvalue weighted by molar-refractivity contribution is 5.78. The Balaban J connectivity index is 1.69.